The lowest BCUT2D eigenvalue weighted by atomic mass is 10.2. The van der Waals surface area contributed by atoms with Crippen LogP contribution in [-0.2, 0) is 23.8 Å². The third-order valence-corrected chi connectivity index (χ3v) is 2.96. The van der Waals surface area contributed by atoms with E-state index in [1.165, 1.54) is 12.1 Å². The van der Waals surface area contributed by atoms with E-state index < -0.39 is 17.8 Å². The van der Waals surface area contributed by atoms with E-state index in [0.29, 0.717) is 12.1 Å². The molecule has 1 amide bonds. The molecule has 0 aliphatic heterocycles. The summed E-state index contributed by atoms with van der Waals surface area (Å²) < 4.78 is 37.8. The summed E-state index contributed by atoms with van der Waals surface area (Å²) in [6.07, 6.45) is -4.15. The van der Waals surface area contributed by atoms with Crippen LogP contribution in [0.25, 0.3) is 0 Å². The minimum Gasteiger partial charge on any atom is -0.294 e. The summed E-state index contributed by atoms with van der Waals surface area (Å²) in [5, 5.41) is 2.48. The van der Waals surface area contributed by atoms with Crippen molar-refractivity contribution in [2.24, 2.45) is 0 Å². The molecule has 0 bridgehead atoms. The number of rotatable bonds is 4. The first-order valence-corrected chi connectivity index (χ1v) is 6.95. The van der Waals surface area contributed by atoms with Crippen LogP contribution in [0.15, 0.2) is 24.3 Å². The molecule has 0 atom stereocenters. The summed E-state index contributed by atoms with van der Waals surface area (Å²) >= 11 is 0. The highest BCUT2D eigenvalue weighted by atomic mass is 19.4. The Bertz CT molecular complexity index is 716. The van der Waals surface area contributed by atoms with E-state index >= 15 is 0 Å². The van der Waals surface area contributed by atoms with Crippen molar-refractivity contribution in [3.63, 3.8) is 0 Å². The number of carbonyl (C=O) groups excluding carboxylic acids is 1. The zero-order valence-corrected chi connectivity index (χ0v) is 12.6. The van der Waals surface area contributed by atoms with Gasteiger partial charge in [0.25, 0.3) is 0 Å². The average molecular weight is 324 g/mol. The predicted octanol–water partition coefficient (Wildman–Crippen LogP) is 2.94. The fourth-order valence-electron chi connectivity index (χ4n) is 1.94. The molecule has 2 aromatic rings. The number of aryl methyl sites for hydroxylation is 2. The molecule has 23 heavy (non-hydrogen) atoms. The van der Waals surface area contributed by atoms with E-state index in [0.717, 1.165) is 11.8 Å². The molecule has 0 saturated heterocycles. The number of aromatic nitrogens is 3. The fraction of sp³-hybridized carbons (Fsp3) is 0.333. The molecule has 2 heterocycles. The van der Waals surface area contributed by atoms with Crippen molar-refractivity contribution < 1.29 is 18.0 Å². The summed E-state index contributed by atoms with van der Waals surface area (Å²) in [5.74, 6) is -0.386. The van der Waals surface area contributed by atoms with Crippen LogP contribution in [0.1, 0.15) is 29.7 Å². The van der Waals surface area contributed by atoms with Crippen molar-refractivity contribution in [3.05, 3.63) is 47.0 Å². The molecule has 2 aromatic heterocycles. The van der Waals surface area contributed by atoms with Crippen LogP contribution in [0.3, 0.4) is 0 Å². The molecular formula is C15H15F3N4O. The quantitative estimate of drug-likeness (QED) is 0.939. The minimum atomic E-state index is -4.54. The number of pyridine rings is 1. The van der Waals surface area contributed by atoms with Crippen molar-refractivity contribution in [1.82, 2.24) is 15.0 Å². The summed E-state index contributed by atoms with van der Waals surface area (Å²) in [6.45, 7) is 3.69. The molecule has 1 N–H and O–H groups in total. The SMILES string of the molecule is CCc1cc(C)nc(NC(=O)Cc2cccc(C(F)(F)F)n2)n1. The lowest BCUT2D eigenvalue weighted by Crippen LogP contribution is -2.19. The average Bonchev–Trinajstić information content (AvgIpc) is 2.45. The first-order chi connectivity index (χ1) is 10.8. The van der Waals surface area contributed by atoms with Gasteiger partial charge >= 0.3 is 6.18 Å². The van der Waals surface area contributed by atoms with Gasteiger partial charge in [0.1, 0.15) is 5.69 Å². The van der Waals surface area contributed by atoms with Crippen LogP contribution in [0.2, 0.25) is 0 Å². The van der Waals surface area contributed by atoms with Crippen LogP contribution in [-0.4, -0.2) is 20.9 Å². The second-order valence-electron chi connectivity index (χ2n) is 4.91. The van der Waals surface area contributed by atoms with Crippen molar-refractivity contribution in [1.29, 1.82) is 0 Å². The molecule has 0 aliphatic carbocycles. The molecule has 0 unspecified atom stereocenters. The molecule has 0 aliphatic rings. The van der Waals surface area contributed by atoms with Gasteiger partial charge in [0, 0.05) is 11.4 Å². The Morgan fingerprint density at radius 2 is 1.91 bits per heavy atom. The zero-order valence-electron chi connectivity index (χ0n) is 12.6. The number of halogens is 3. The van der Waals surface area contributed by atoms with Crippen LogP contribution in [0.5, 0.6) is 0 Å². The van der Waals surface area contributed by atoms with E-state index in [-0.39, 0.29) is 18.1 Å². The lowest BCUT2D eigenvalue weighted by molar-refractivity contribution is -0.141. The molecular weight excluding hydrogens is 309 g/mol. The summed E-state index contributed by atoms with van der Waals surface area (Å²) in [4.78, 5) is 23.6. The highest BCUT2D eigenvalue weighted by Crippen LogP contribution is 2.27. The summed E-state index contributed by atoms with van der Waals surface area (Å²) in [6, 6.07) is 5.24. The van der Waals surface area contributed by atoms with Crippen molar-refractivity contribution in [3.8, 4) is 0 Å². The Morgan fingerprint density at radius 1 is 1.17 bits per heavy atom. The zero-order chi connectivity index (χ0) is 17.0. The smallest absolute Gasteiger partial charge is 0.294 e. The van der Waals surface area contributed by atoms with Crippen LogP contribution < -0.4 is 5.32 Å². The standard InChI is InChI=1S/C15H15F3N4O/c1-3-10-7-9(2)19-14(21-10)22-13(23)8-11-5-4-6-12(20-11)15(16,17)18/h4-7H,3,8H2,1-2H3,(H,19,21,22,23). The molecule has 0 radical (unpaired) electrons. The van der Waals surface area contributed by atoms with Gasteiger partial charge in [-0.3, -0.25) is 10.1 Å². The molecule has 5 nitrogen and oxygen atoms in total. The van der Waals surface area contributed by atoms with E-state index in [2.05, 4.69) is 20.3 Å². The Morgan fingerprint density at radius 3 is 2.57 bits per heavy atom. The molecule has 0 fully saturated rings. The molecule has 0 saturated carbocycles. The van der Waals surface area contributed by atoms with Crippen LogP contribution in [0, 0.1) is 6.92 Å². The molecule has 122 valence electrons. The summed E-state index contributed by atoms with van der Waals surface area (Å²) in [7, 11) is 0. The Balaban J connectivity index is 2.10. The second-order valence-corrected chi connectivity index (χ2v) is 4.91. The van der Waals surface area contributed by atoms with Gasteiger partial charge < -0.3 is 0 Å². The number of carbonyl (C=O) groups is 1. The van der Waals surface area contributed by atoms with Gasteiger partial charge in [0.2, 0.25) is 11.9 Å². The largest absolute Gasteiger partial charge is 0.433 e. The van der Waals surface area contributed by atoms with Gasteiger partial charge in [-0.2, -0.15) is 13.2 Å². The third kappa shape index (κ3) is 4.73. The maximum Gasteiger partial charge on any atom is 0.433 e. The van der Waals surface area contributed by atoms with Crippen molar-refractivity contribution in [2.45, 2.75) is 32.9 Å². The number of amides is 1. The maximum atomic E-state index is 12.6. The van der Waals surface area contributed by atoms with Crippen molar-refractivity contribution >= 4 is 11.9 Å². The Kier molecular flexibility index (Phi) is 4.92. The van der Waals surface area contributed by atoms with Gasteiger partial charge in [-0.05, 0) is 31.5 Å². The second kappa shape index (κ2) is 6.72. The van der Waals surface area contributed by atoms with E-state index in [4.69, 9.17) is 0 Å². The molecule has 0 aromatic carbocycles. The first-order valence-electron chi connectivity index (χ1n) is 6.95. The highest BCUT2D eigenvalue weighted by molar-refractivity contribution is 5.90. The van der Waals surface area contributed by atoms with Crippen LogP contribution in [0.4, 0.5) is 19.1 Å². The minimum absolute atomic E-state index is 0.0284. The monoisotopic (exact) mass is 324 g/mol. The normalized spacial score (nSPS) is 11.3. The van der Waals surface area contributed by atoms with E-state index in [1.807, 2.05) is 6.92 Å². The van der Waals surface area contributed by atoms with Gasteiger partial charge in [0.05, 0.1) is 12.1 Å². The first kappa shape index (κ1) is 16.9. The highest BCUT2D eigenvalue weighted by Gasteiger charge is 2.32. The number of nitrogens with one attached hydrogen (secondary N) is 1. The Labute approximate surface area is 131 Å². The van der Waals surface area contributed by atoms with Crippen molar-refractivity contribution in [2.75, 3.05) is 5.32 Å². The lowest BCUT2D eigenvalue weighted by Gasteiger charge is -2.08. The van der Waals surface area contributed by atoms with Gasteiger partial charge in [-0.1, -0.05) is 13.0 Å². The number of hydrogen-bond acceptors (Lipinski definition) is 4. The molecule has 8 heteroatoms. The Hall–Kier alpha value is -2.51. The number of alkyl halides is 3. The number of nitrogens with zero attached hydrogens (tertiary/aromatic N) is 3. The van der Waals surface area contributed by atoms with Gasteiger partial charge in [-0.25, -0.2) is 15.0 Å². The fourth-order valence-corrected chi connectivity index (χ4v) is 1.94. The molecule has 2 rings (SSSR count). The molecule has 0 spiro atoms. The van der Waals surface area contributed by atoms with E-state index in [1.54, 1.807) is 13.0 Å². The maximum absolute atomic E-state index is 12.6. The number of anilines is 1. The van der Waals surface area contributed by atoms with Gasteiger partial charge in [-0.15, -0.1) is 0 Å². The van der Waals surface area contributed by atoms with E-state index in [9.17, 15) is 18.0 Å². The summed E-state index contributed by atoms with van der Waals surface area (Å²) in [5.41, 5.74) is 0.470. The van der Waals surface area contributed by atoms with Crippen LogP contribution >= 0.6 is 0 Å². The third-order valence-electron chi connectivity index (χ3n) is 2.96. The van der Waals surface area contributed by atoms with Gasteiger partial charge in [0.15, 0.2) is 0 Å². The number of hydrogen-bond donors (Lipinski definition) is 1. The topological polar surface area (TPSA) is 67.8 Å². The predicted molar refractivity (Wildman–Crippen MR) is 77.7 cm³/mol.